The van der Waals surface area contributed by atoms with Crippen LogP contribution in [0.15, 0.2) is 18.2 Å². The van der Waals surface area contributed by atoms with Gasteiger partial charge in [0, 0.05) is 58.3 Å². The standard InChI is InChI=1S/C18H27N5O2/c24-18(19-12-16-3-5-20-21-16)23-8-6-22(7-9-23)13-14-1-2-17-15(11-14)4-10-25-17/h1-2,11,16,20-21H,3-10,12-13H2,(H,19,24). The zero-order chi connectivity index (χ0) is 17.1. The maximum absolute atomic E-state index is 12.3. The molecule has 0 bridgehead atoms. The number of rotatable bonds is 4. The van der Waals surface area contributed by atoms with Crippen molar-refractivity contribution in [2.75, 3.05) is 45.9 Å². The Hall–Kier alpha value is -1.83. The number of ether oxygens (including phenoxy) is 1. The first-order valence-electron chi connectivity index (χ1n) is 9.26. The number of hydrazine groups is 1. The van der Waals surface area contributed by atoms with Gasteiger partial charge < -0.3 is 15.0 Å². The summed E-state index contributed by atoms with van der Waals surface area (Å²) in [5.74, 6) is 1.04. The number of nitrogens with zero attached hydrogens (tertiary/aromatic N) is 2. The van der Waals surface area contributed by atoms with Crippen molar-refractivity contribution in [1.82, 2.24) is 26.0 Å². The lowest BCUT2D eigenvalue weighted by atomic mass is 10.1. The number of benzene rings is 1. The highest BCUT2D eigenvalue weighted by molar-refractivity contribution is 5.74. The van der Waals surface area contributed by atoms with Crippen LogP contribution in [-0.2, 0) is 13.0 Å². The molecule has 3 heterocycles. The molecule has 0 aromatic heterocycles. The monoisotopic (exact) mass is 345 g/mol. The van der Waals surface area contributed by atoms with E-state index in [9.17, 15) is 4.79 Å². The Morgan fingerprint density at radius 3 is 2.96 bits per heavy atom. The van der Waals surface area contributed by atoms with Crippen LogP contribution in [0.25, 0.3) is 0 Å². The second kappa shape index (κ2) is 7.59. The molecule has 3 N–H and O–H groups in total. The van der Waals surface area contributed by atoms with Crippen molar-refractivity contribution in [2.45, 2.75) is 25.4 Å². The fourth-order valence-electron chi connectivity index (χ4n) is 3.72. The maximum atomic E-state index is 12.3. The number of fused-ring (bicyclic) bond motifs is 1. The van der Waals surface area contributed by atoms with E-state index in [-0.39, 0.29) is 6.03 Å². The summed E-state index contributed by atoms with van der Waals surface area (Å²) in [6.45, 7) is 6.82. The number of hydrogen-bond donors (Lipinski definition) is 3. The third-order valence-corrected chi connectivity index (χ3v) is 5.24. The summed E-state index contributed by atoms with van der Waals surface area (Å²) in [4.78, 5) is 16.6. The van der Waals surface area contributed by atoms with E-state index >= 15 is 0 Å². The Morgan fingerprint density at radius 2 is 2.16 bits per heavy atom. The first-order valence-corrected chi connectivity index (χ1v) is 9.26. The zero-order valence-electron chi connectivity index (χ0n) is 14.6. The van der Waals surface area contributed by atoms with Gasteiger partial charge in [-0.3, -0.25) is 15.8 Å². The van der Waals surface area contributed by atoms with Gasteiger partial charge >= 0.3 is 6.03 Å². The predicted octanol–water partition coefficient (Wildman–Crippen LogP) is 0.315. The summed E-state index contributed by atoms with van der Waals surface area (Å²) in [7, 11) is 0. The third-order valence-electron chi connectivity index (χ3n) is 5.24. The third kappa shape index (κ3) is 4.05. The van der Waals surface area contributed by atoms with Crippen LogP contribution in [0.1, 0.15) is 17.5 Å². The highest BCUT2D eigenvalue weighted by Gasteiger charge is 2.23. The molecule has 1 aromatic rings. The van der Waals surface area contributed by atoms with Gasteiger partial charge in [-0.2, -0.15) is 0 Å². The lowest BCUT2D eigenvalue weighted by Crippen LogP contribution is -2.53. The molecule has 25 heavy (non-hydrogen) atoms. The first kappa shape index (κ1) is 16.6. The summed E-state index contributed by atoms with van der Waals surface area (Å²) in [6.07, 6.45) is 2.07. The lowest BCUT2D eigenvalue weighted by Gasteiger charge is -2.35. The highest BCUT2D eigenvalue weighted by atomic mass is 16.5. The molecule has 0 aliphatic carbocycles. The average molecular weight is 345 g/mol. The lowest BCUT2D eigenvalue weighted by molar-refractivity contribution is 0.135. The Balaban J connectivity index is 1.22. The van der Waals surface area contributed by atoms with Crippen LogP contribution >= 0.6 is 0 Å². The molecular formula is C18H27N5O2. The molecule has 136 valence electrons. The number of piperazine rings is 1. The van der Waals surface area contributed by atoms with Gasteiger partial charge in [0.2, 0.25) is 0 Å². The van der Waals surface area contributed by atoms with Crippen molar-refractivity contribution in [3.05, 3.63) is 29.3 Å². The molecule has 7 nitrogen and oxygen atoms in total. The van der Waals surface area contributed by atoms with Gasteiger partial charge in [0.25, 0.3) is 0 Å². The Morgan fingerprint density at radius 1 is 1.28 bits per heavy atom. The fourth-order valence-corrected chi connectivity index (χ4v) is 3.72. The van der Waals surface area contributed by atoms with Crippen LogP contribution in [-0.4, -0.2) is 67.7 Å². The van der Waals surface area contributed by atoms with E-state index in [4.69, 9.17) is 4.74 Å². The molecule has 0 spiro atoms. The molecule has 1 atom stereocenters. The quantitative estimate of drug-likeness (QED) is 0.733. The van der Waals surface area contributed by atoms with E-state index in [1.54, 1.807) is 0 Å². The van der Waals surface area contributed by atoms with E-state index in [2.05, 4.69) is 39.3 Å². The molecule has 7 heteroatoms. The summed E-state index contributed by atoms with van der Waals surface area (Å²) in [5.41, 5.74) is 8.92. The van der Waals surface area contributed by atoms with Gasteiger partial charge in [-0.05, 0) is 23.6 Å². The molecule has 4 rings (SSSR count). The molecule has 1 unspecified atom stereocenters. The fraction of sp³-hybridized carbons (Fsp3) is 0.611. The molecule has 3 aliphatic rings. The van der Waals surface area contributed by atoms with Crippen LogP contribution in [0.5, 0.6) is 5.75 Å². The minimum Gasteiger partial charge on any atom is -0.493 e. The number of urea groups is 1. The summed E-state index contributed by atoms with van der Waals surface area (Å²) < 4.78 is 5.57. The first-order chi connectivity index (χ1) is 12.3. The molecule has 1 aromatic carbocycles. The molecule has 0 radical (unpaired) electrons. The highest BCUT2D eigenvalue weighted by Crippen LogP contribution is 2.26. The van der Waals surface area contributed by atoms with Crippen LogP contribution in [0.4, 0.5) is 4.79 Å². The number of carbonyl (C=O) groups excluding carboxylic acids is 1. The number of carbonyl (C=O) groups is 1. The Labute approximate surface area is 148 Å². The molecule has 3 aliphatic heterocycles. The maximum Gasteiger partial charge on any atom is 0.317 e. The van der Waals surface area contributed by atoms with Gasteiger partial charge in [0.1, 0.15) is 5.75 Å². The topological polar surface area (TPSA) is 68.9 Å². The molecular weight excluding hydrogens is 318 g/mol. The van der Waals surface area contributed by atoms with E-state index < -0.39 is 0 Å². The van der Waals surface area contributed by atoms with Gasteiger partial charge in [-0.1, -0.05) is 12.1 Å². The molecule has 2 fully saturated rings. The smallest absolute Gasteiger partial charge is 0.317 e. The van der Waals surface area contributed by atoms with Gasteiger partial charge in [-0.15, -0.1) is 0 Å². The number of nitrogens with one attached hydrogen (secondary N) is 3. The van der Waals surface area contributed by atoms with E-state index in [0.29, 0.717) is 12.6 Å². The summed E-state index contributed by atoms with van der Waals surface area (Å²) in [6, 6.07) is 6.92. The Kier molecular flexibility index (Phi) is 5.05. The van der Waals surface area contributed by atoms with Gasteiger partial charge in [0.05, 0.1) is 6.61 Å². The molecule has 0 saturated carbocycles. The predicted molar refractivity (Wildman–Crippen MR) is 95.4 cm³/mol. The van der Waals surface area contributed by atoms with Crippen LogP contribution in [0.3, 0.4) is 0 Å². The van der Waals surface area contributed by atoms with Crippen molar-refractivity contribution in [3.8, 4) is 5.75 Å². The number of hydrogen-bond acceptors (Lipinski definition) is 5. The van der Waals surface area contributed by atoms with Crippen molar-refractivity contribution in [2.24, 2.45) is 0 Å². The van der Waals surface area contributed by atoms with Gasteiger partial charge in [-0.25, -0.2) is 4.79 Å². The van der Waals surface area contributed by atoms with Crippen molar-refractivity contribution < 1.29 is 9.53 Å². The number of amides is 2. The average Bonchev–Trinajstić information content (AvgIpc) is 3.31. The normalized spacial score (nSPS) is 23.4. The van der Waals surface area contributed by atoms with E-state index in [1.807, 2.05) is 4.90 Å². The van der Waals surface area contributed by atoms with E-state index in [1.165, 1.54) is 11.1 Å². The second-order valence-corrected chi connectivity index (χ2v) is 7.05. The van der Waals surface area contributed by atoms with Crippen LogP contribution in [0.2, 0.25) is 0 Å². The summed E-state index contributed by atoms with van der Waals surface area (Å²) in [5, 5.41) is 3.04. The van der Waals surface area contributed by atoms with Crippen molar-refractivity contribution in [3.63, 3.8) is 0 Å². The van der Waals surface area contributed by atoms with Crippen LogP contribution < -0.4 is 20.9 Å². The minimum atomic E-state index is 0.0584. The second-order valence-electron chi connectivity index (χ2n) is 7.05. The zero-order valence-corrected chi connectivity index (χ0v) is 14.6. The molecule has 2 saturated heterocycles. The SMILES string of the molecule is O=C(NCC1CCNN1)N1CCN(Cc2ccc3c(c2)CCO3)CC1. The Bertz CT molecular complexity index is 609. The van der Waals surface area contributed by atoms with Crippen molar-refractivity contribution in [1.29, 1.82) is 0 Å². The molecule has 2 amide bonds. The van der Waals surface area contributed by atoms with Gasteiger partial charge in [0.15, 0.2) is 0 Å². The van der Waals surface area contributed by atoms with Crippen molar-refractivity contribution >= 4 is 6.03 Å². The van der Waals surface area contributed by atoms with E-state index in [0.717, 1.165) is 64.5 Å². The largest absolute Gasteiger partial charge is 0.493 e. The van der Waals surface area contributed by atoms with Crippen LogP contribution in [0, 0.1) is 0 Å². The summed E-state index contributed by atoms with van der Waals surface area (Å²) >= 11 is 0. The minimum absolute atomic E-state index is 0.0584.